The van der Waals surface area contributed by atoms with Gasteiger partial charge < -0.3 is 0 Å². The van der Waals surface area contributed by atoms with E-state index in [9.17, 15) is 0 Å². The largest absolute Gasteiger partial charge is 0.298 e. The topological polar surface area (TPSA) is 3.24 Å². The van der Waals surface area contributed by atoms with Crippen LogP contribution < -0.4 is 0 Å². The Morgan fingerprint density at radius 2 is 1.94 bits per heavy atom. The molecule has 1 aromatic rings. The van der Waals surface area contributed by atoms with Gasteiger partial charge in [0.1, 0.15) is 0 Å². The highest BCUT2D eigenvalue weighted by Gasteiger charge is 2.37. The summed E-state index contributed by atoms with van der Waals surface area (Å²) in [7, 11) is 0. The molecule has 0 aromatic heterocycles. The van der Waals surface area contributed by atoms with Crippen molar-refractivity contribution in [3.63, 3.8) is 0 Å². The molecule has 0 bridgehead atoms. The quantitative estimate of drug-likeness (QED) is 0.806. The van der Waals surface area contributed by atoms with E-state index in [4.69, 9.17) is 0 Å². The number of nitrogens with zero attached hydrogens (tertiary/aromatic N) is 1. The Kier molecular flexibility index (Phi) is 3.76. The van der Waals surface area contributed by atoms with Gasteiger partial charge in [-0.1, -0.05) is 28.1 Å². The Hall–Kier alpha value is -0.340. The maximum Gasteiger partial charge on any atom is 0.0175 e. The SMILES string of the molecule is C[C@@H]1CCCN1C1CC(Cc2ccc(Br)cc2)C1. The zero-order valence-corrected chi connectivity index (χ0v) is 12.7. The van der Waals surface area contributed by atoms with Gasteiger partial charge in [0.25, 0.3) is 0 Å². The predicted molar refractivity (Wildman–Crippen MR) is 79.8 cm³/mol. The zero-order chi connectivity index (χ0) is 12.5. The molecule has 1 nitrogen and oxygen atoms in total. The molecule has 0 radical (unpaired) electrons. The lowest BCUT2D eigenvalue weighted by atomic mass is 9.75. The van der Waals surface area contributed by atoms with Crippen LogP contribution in [0.25, 0.3) is 0 Å². The highest BCUT2D eigenvalue weighted by atomic mass is 79.9. The van der Waals surface area contributed by atoms with E-state index in [0.717, 1.165) is 18.0 Å². The molecule has 98 valence electrons. The monoisotopic (exact) mass is 307 g/mol. The first kappa shape index (κ1) is 12.7. The number of benzene rings is 1. The molecule has 0 unspecified atom stereocenters. The molecule has 1 aliphatic carbocycles. The van der Waals surface area contributed by atoms with E-state index in [1.54, 1.807) is 0 Å². The van der Waals surface area contributed by atoms with Crippen LogP contribution in [0, 0.1) is 5.92 Å². The molecular formula is C16H22BrN. The summed E-state index contributed by atoms with van der Waals surface area (Å²) >= 11 is 3.50. The summed E-state index contributed by atoms with van der Waals surface area (Å²) in [5.41, 5.74) is 1.50. The summed E-state index contributed by atoms with van der Waals surface area (Å²) in [6.45, 7) is 3.74. The first-order chi connectivity index (χ1) is 8.72. The summed E-state index contributed by atoms with van der Waals surface area (Å²) in [5.74, 6) is 0.920. The minimum Gasteiger partial charge on any atom is -0.298 e. The van der Waals surface area contributed by atoms with E-state index in [1.807, 2.05) is 0 Å². The van der Waals surface area contributed by atoms with Crippen molar-refractivity contribution in [2.75, 3.05) is 6.54 Å². The van der Waals surface area contributed by atoms with Gasteiger partial charge in [-0.25, -0.2) is 0 Å². The fourth-order valence-electron chi connectivity index (χ4n) is 3.59. The van der Waals surface area contributed by atoms with Crippen LogP contribution in [0.5, 0.6) is 0 Å². The maximum atomic E-state index is 3.50. The van der Waals surface area contributed by atoms with Crippen LogP contribution in [-0.4, -0.2) is 23.5 Å². The highest BCUT2D eigenvalue weighted by Crippen LogP contribution is 2.37. The normalized spacial score (nSPS) is 32.4. The summed E-state index contributed by atoms with van der Waals surface area (Å²) in [6.07, 6.45) is 6.93. The molecule has 18 heavy (non-hydrogen) atoms. The lowest BCUT2D eigenvalue weighted by Gasteiger charge is -2.43. The highest BCUT2D eigenvalue weighted by molar-refractivity contribution is 9.10. The number of likely N-dealkylation sites (tertiary alicyclic amines) is 1. The Morgan fingerprint density at radius 1 is 1.22 bits per heavy atom. The maximum absolute atomic E-state index is 3.50. The van der Waals surface area contributed by atoms with Gasteiger partial charge in [0.15, 0.2) is 0 Å². The number of rotatable bonds is 3. The molecular weight excluding hydrogens is 286 g/mol. The molecule has 1 heterocycles. The van der Waals surface area contributed by atoms with Crippen molar-refractivity contribution < 1.29 is 0 Å². The van der Waals surface area contributed by atoms with Gasteiger partial charge in [-0.2, -0.15) is 0 Å². The van der Waals surface area contributed by atoms with Crippen LogP contribution in [0.15, 0.2) is 28.7 Å². The van der Waals surface area contributed by atoms with E-state index < -0.39 is 0 Å². The molecule has 1 aliphatic heterocycles. The Bertz CT molecular complexity index is 394. The Balaban J connectivity index is 1.49. The van der Waals surface area contributed by atoms with Gasteiger partial charge in [-0.15, -0.1) is 0 Å². The Morgan fingerprint density at radius 3 is 2.56 bits per heavy atom. The fraction of sp³-hybridized carbons (Fsp3) is 0.625. The molecule has 0 N–H and O–H groups in total. The second-order valence-corrected chi connectivity index (χ2v) is 6.97. The smallest absolute Gasteiger partial charge is 0.0175 e. The van der Waals surface area contributed by atoms with Gasteiger partial charge in [-0.05, 0) is 69.2 Å². The molecule has 2 heteroatoms. The van der Waals surface area contributed by atoms with Crippen molar-refractivity contribution >= 4 is 15.9 Å². The summed E-state index contributed by atoms with van der Waals surface area (Å²) in [6, 6.07) is 10.6. The molecule has 3 rings (SSSR count). The third-order valence-corrected chi connectivity index (χ3v) is 5.25. The molecule has 1 atom stereocenters. The third kappa shape index (κ3) is 2.65. The summed E-state index contributed by atoms with van der Waals surface area (Å²) in [5, 5.41) is 0. The molecule has 0 spiro atoms. The number of hydrogen-bond donors (Lipinski definition) is 0. The molecule has 1 aromatic carbocycles. The number of hydrogen-bond acceptors (Lipinski definition) is 1. The summed E-state index contributed by atoms with van der Waals surface area (Å²) in [4.78, 5) is 2.75. The average molecular weight is 308 g/mol. The van der Waals surface area contributed by atoms with E-state index >= 15 is 0 Å². The van der Waals surface area contributed by atoms with E-state index in [1.165, 1.54) is 48.7 Å². The van der Waals surface area contributed by atoms with Crippen molar-refractivity contribution in [1.82, 2.24) is 4.90 Å². The van der Waals surface area contributed by atoms with Crippen LogP contribution in [0.1, 0.15) is 38.2 Å². The molecule has 1 saturated heterocycles. The van der Waals surface area contributed by atoms with Crippen LogP contribution in [0.4, 0.5) is 0 Å². The first-order valence-electron chi connectivity index (χ1n) is 7.22. The predicted octanol–water partition coefficient (Wildman–Crippen LogP) is 4.25. The van der Waals surface area contributed by atoms with E-state index in [2.05, 4.69) is 52.0 Å². The van der Waals surface area contributed by atoms with E-state index in [-0.39, 0.29) is 0 Å². The van der Waals surface area contributed by atoms with Crippen molar-refractivity contribution in [1.29, 1.82) is 0 Å². The molecule has 1 saturated carbocycles. The minimum absolute atomic E-state index is 0.837. The van der Waals surface area contributed by atoms with Gasteiger partial charge in [-0.3, -0.25) is 4.90 Å². The fourth-order valence-corrected chi connectivity index (χ4v) is 3.85. The zero-order valence-electron chi connectivity index (χ0n) is 11.1. The van der Waals surface area contributed by atoms with Gasteiger partial charge >= 0.3 is 0 Å². The second kappa shape index (κ2) is 5.34. The first-order valence-corrected chi connectivity index (χ1v) is 8.02. The molecule has 2 fully saturated rings. The molecule has 0 amide bonds. The Labute approximate surface area is 119 Å². The van der Waals surface area contributed by atoms with Crippen molar-refractivity contribution in [3.05, 3.63) is 34.3 Å². The lowest BCUT2D eigenvalue weighted by Crippen LogP contribution is -2.46. The third-order valence-electron chi connectivity index (χ3n) is 4.72. The van der Waals surface area contributed by atoms with Crippen molar-refractivity contribution in [2.24, 2.45) is 5.92 Å². The van der Waals surface area contributed by atoms with Crippen molar-refractivity contribution in [3.8, 4) is 0 Å². The van der Waals surface area contributed by atoms with Crippen LogP contribution in [0.2, 0.25) is 0 Å². The average Bonchev–Trinajstić information content (AvgIpc) is 2.72. The minimum atomic E-state index is 0.837. The van der Waals surface area contributed by atoms with Gasteiger partial charge in [0.2, 0.25) is 0 Å². The molecule has 2 aliphatic rings. The number of halogens is 1. The van der Waals surface area contributed by atoms with Crippen LogP contribution in [-0.2, 0) is 6.42 Å². The summed E-state index contributed by atoms with van der Waals surface area (Å²) < 4.78 is 1.18. The standard InChI is InChI=1S/C16H22BrN/c1-12-3-2-8-18(12)16-10-14(11-16)9-13-4-6-15(17)7-5-13/h4-7,12,14,16H,2-3,8-11H2,1H3/t12-,14?,16?/m1/s1. The second-order valence-electron chi connectivity index (χ2n) is 6.05. The van der Waals surface area contributed by atoms with Crippen LogP contribution >= 0.6 is 15.9 Å². The van der Waals surface area contributed by atoms with Crippen LogP contribution in [0.3, 0.4) is 0 Å². The lowest BCUT2D eigenvalue weighted by molar-refractivity contribution is 0.0732. The van der Waals surface area contributed by atoms with Crippen molar-refractivity contribution in [2.45, 2.75) is 51.1 Å². The van der Waals surface area contributed by atoms with Gasteiger partial charge in [0, 0.05) is 16.6 Å². The van der Waals surface area contributed by atoms with Gasteiger partial charge in [0.05, 0.1) is 0 Å². The van der Waals surface area contributed by atoms with E-state index in [0.29, 0.717) is 0 Å².